The first kappa shape index (κ1) is 13.9. The molecule has 2 rings (SSSR count). The second-order valence-corrected chi connectivity index (χ2v) is 5.57. The number of primary amides is 1. The minimum absolute atomic E-state index is 0.364. The van der Waals surface area contributed by atoms with Gasteiger partial charge in [0.25, 0.3) is 5.91 Å². The summed E-state index contributed by atoms with van der Waals surface area (Å²) in [6, 6.07) is 6.22. The number of rotatable bonds is 3. The molecule has 0 aliphatic carbocycles. The molecule has 4 N–H and O–H groups in total. The zero-order valence-corrected chi connectivity index (χ0v) is 11.7. The summed E-state index contributed by atoms with van der Waals surface area (Å²) in [5.41, 5.74) is 14.0. The van der Waals surface area contributed by atoms with Gasteiger partial charge in [0.2, 0.25) is 0 Å². The van der Waals surface area contributed by atoms with E-state index >= 15 is 0 Å². The third-order valence-corrected chi connectivity index (χ3v) is 4.04. The van der Waals surface area contributed by atoms with E-state index in [1.165, 1.54) is 0 Å². The smallest absolute Gasteiger partial charge is 0.250 e. The van der Waals surface area contributed by atoms with Crippen LogP contribution in [0.25, 0.3) is 0 Å². The van der Waals surface area contributed by atoms with Gasteiger partial charge in [-0.1, -0.05) is 6.07 Å². The van der Waals surface area contributed by atoms with E-state index in [1.54, 1.807) is 0 Å². The lowest BCUT2D eigenvalue weighted by atomic mass is 9.92. The summed E-state index contributed by atoms with van der Waals surface area (Å²) in [5, 5.41) is 0. The Labute approximate surface area is 114 Å². The first-order chi connectivity index (χ1) is 9.02. The lowest BCUT2D eigenvalue weighted by Crippen LogP contribution is -2.44. The van der Waals surface area contributed by atoms with E-state index < -0.39 is 0 Å². The monoisotopic (exact) mass is 261 g/mol. The molecule has 1 amide bonds. The lowest BCUT2D eigenvalue weighted by Gasteiger charge is -2.40. The van der Waals surface area contributed by atoms with E-state index in [9.17, 15) is 4.79 Å². The molecule has 0 radical (unpaired) electrons. The van der Waals surface area contributed by atoms with Crippen molar-refractivity contribution in [1.82, 2.24) is 0 Å². The van der Waals surface area contributed by atoms with Gasteiger partial charge in [-0.15, -0.1) is 0 Å². The minimum atomic E-state index is -0.364. The number of carbonyl (C=O) groups is 1. The molecule has 0 aromatic heterocycles. The number of hydrogen-bond acceptors (Lipinski definition) is 3. The summed E-state index contributed by atoms with van der Waals surface area (Å²) >= 11 is 0. The first-order valence-corrected chi connectivity index (χ1v) is 6.90. The van der Waals surface area contributed by atoms with Crippen LogP contribution in [0.3, 0.4) is 0 Å². The molecule has 0 saturated carbocycles. The molecule has 1 aromatic carbocycles. The van der Waals surface area contributed by atoms with Crippen LogP contribution in [-0.4, -0.2) is 25.0 Å². The van der Waals surface area contributed by atoms with E-state index in [0.29, 0.717) is 24.1 Å². The molecule has 2 unspecified atom stereocenters. The minimum Gasteiger partial charge on any atom is -0.368 e. The highest BCUT2D eigenvalue weighted by Crippen LogP contribution is 2.30. The summed E-state index contributed by atoms with van der Waals surface area (Å²) < 4.78 is 0. The lowest BCUT2D eigenvalue weighted by molar-refractivity contribution is 0.100. The van der Waals surface area contributed by atoms with Gasteiger partial charge in [0.15, 0.2) is 0 Å². The van der Waals surface area contributed by atoms with Gasteiger partial charge < -0.3 is 16.4 Å². The fraction of sp³-hybridized carbons (Fsp3) is 0.533. The van der Waals surface area contributed by atoms with Crippen LogP contribution in [0, 0.1) is 12.8 Å². The third-order valence-electron chi connectivity index (χ3n) is 4.04. The predicted molar refractivity (Wildman–Crippen MR) is 78.3 cm³/mol. The van der Waals surface area contributed by atoms with Gasteiger partial charge in [-0.2, -0.15) is 0 Å². The van der Waals surface area contributed by atoms with Crippen molar-refractivity contribution in [3.63, 3.8) is 0 Å². The molecular formula is C15H23N3O. The van der Waals surface area contributed by atoms with Crippen molar-refractivity contribution in [1.29, 1.82) is 0 Å². The van der Waals surface area contributed by atoms with Crippen LogP contribution in [0.1, 0.15) is 35.7 Å². The Morgan fingerprint density at radius 3 is 2.79 bits per heavy atom. The first-order valence-electron chi connectivity index (χ1n) is 6.90. The number of benzene rings is 1. The topological polar surface area (TPSA) is 72.4 Å². The van der Waals surface area contributed by atoms with Gasteiger partial charge in [0.1, 0.15) is 0 Å². The van der Waals surface area contributed by atoms with Crippen LogP contribution >= 0.6 is 0 Å². The Balaban J connectivity index is 2.38. The van der Waals surface area contributed by atoms with Crippen LogP contribution in [-0.2, 0) is 0 Å². The highest BCUT2D eigenvalue weighted by molar-refractivity contribution is 5.98. The van der Waals surface area contributed by atoms with Crippen molar-refractivity contribution >= 4 is 11.6 Å². The molecule has 2 atom stereocenters. The Morgan fingerprint density at radius 2 is 2.16 bits per heavy atom. The number of nitrogens with two attached hydrogens (primary N) is 2. The maximum atomic E-state index is 11.6. The molecular weight excluding hydrogens is 238 g/mol. The van der Waals surface area contributed by atoms with E-state index in [1.807, 2.05) is 19.1 Å². The SMILES string of the molecule is Cc1ccc(C(N)=O)c(N2CC(CN)CCC2C)c1. The van der Waals surface area contributed by atoms with Crippen molar-refractivity contribution in [2.45, 2.75) is 32.7 Å². The molecule has 104 valence electrons. The third kappa shape index (κ3) is 2.89. The molecule has 1 aliphatic rings. The Hall–Kier alpha value is -1.55. The fourth-order valence-electron chi connectivity index (χ4n) is 2.80. The van der Waals surface area contributed by atoms with E-state index in [0.717, 1.165) is 30.6 Å². The van der Waals surface area contributed by atoms with Crippen molar-refractivity contribution in [3.05, 3.63) is 29.3 Å². The fourth-order valence-corrected chi connectivity index (χ4v) is 2.80. The number of aryl methyl sites for hydroxylation is 1. The number of piperidine rings is 1. The molecule has 1 aliphatic heterocycles. The van der Waals surface area contributed by atoms with Crippen LogP contribution in [0.5, 0.6) is 0 Å². The van der Waals surface area contributed by atoms with E-state index in [-0.39, 0.29) is 5.91 Å². The zero-order chi connectivity index (χ0) is 14.0. The van der Waals surface area contributed by atoms with Crippen molar-refractivity contribution in [3.8, 4) is 0 Å². The largest absolute Gasteiger partial charge is 0.368 e. The Bertz CT molecular complexity index is 472. The highest BCUT2D eigenvalue weighted by atomic mass is 16.1. The van der Waals surface area contributed by atoms with E-state index in [2.05, 4.69) is 17.9 Å². The molecule has 1 aromatic rings. The summed E-state index contributed by atoms with van der Waals surface area (Å²) in [4.78, 5) is 13.9. The molecule has 1 heterocycles. The Morgan fingerprint density at radius 1 is 1.42 bits per heavy atom. The number of nitrogens with zero attached hydrogens (tertiary/aromatic N) is 1. The summed E-state index contributed by atoms with van der Waals surface area (Å²) in [7, 11) is 0. The van der Waals surface area contributed by atoms with Gasteiger partial charge in [0.05, 0.1) is 11.3 Å². The van der Waals surface area contributed by atoms with Crippen LogP contribution in [0.2, 0.25) is 0 Å². The Kier molecular flexibility index (Phi) is 4.10. The van der Waals surface area contributed by atoms with E-state index in [4.69, 9.17) is 11.5 Å². The highest BCUT2D eigenvalue weighted by Gasteiger charge is 2.27. The van der Waals surface area contributed by atoms with Crippen LogP contribution in [0.15, 0.2) is 18.2 Å². The average Bonchev–Trinajstić information content (AvgIpc) is 2.38. The van der Waals surface area contributed by atoms with Crippen molar-refractivity contribution in [2.24, 2.45) is 17.4 Å². The van der Waals surface area contributed by atoms with Gasteiger partial charge in [-0.05, 0) is 56.8 Å². The summed E-state index contributed by atoms with van der Waals surface area (Å²) in [6.45, 7) is 5.82. The van der Waals surface area contributed by atoms with Crippen LogP contribution < -0.4 is 16.4 Å². The summed E-state index contributed by atoms with van der Waals surface area (Å²) in [5.74, 6) is 0.134. The standard InChI is InChI=1S/C15H23N3O/c1-10-3-6-13(15(17)19)14(7-10)18-9-12(8-16)5-4-11(18)2/h3,6-7,11-12H,4-5,8-9,16H2,1-2H3,(H2,17,19). The maximum Gasteiger partial charge on any atom is 0.250 e. The maximum absolute atomic E-state index is 11.6. The molecule has 4 nitrogen and oxygen atoms in total. The molecule has 4 heteroatoms. The van der Waals surface area contributed by atoms with Gasteiger partial charge in [0, 0.05) is 12.6 Å². The molecule has 0 spiro atoms. The molecule has 19 heavy (non-hydrogen) atoms. The number of hydrogen-bond donors (Lipinski definition) is 2. The van der Waals surface area contributed by atoms with Crippen molar-refractivity contribution < 1.29 is 4.79 Å². The summed E-state index contributed by atoms with van der Waals surface area (Å²) in [6.07, 6.45) is 2.26. The quantitative estimate of drug-likeness (QED) is 0.869. The number of carbonyl (C=O) groups excluding carboxylic acids is 1. The number of anilines is 1. The van der Waals surface area contributed by atoms with Gasteiger partial charge in [-0.25, -0.2) is 0 Å². The zero-order valence-electron chi connectivity index (χ0n) is 11.7. The van der Waals surface area contributed by atoms with Gasteiger partial charge >= 0.3 is 0 Å². The molecule has 1 saturated heterocycles. The van der Waals surface area contributed by atoms with Crippen molar-refractivity contribution in [2.75, 3.05) is 18.0 Å². The second kappa shape index (κ2) is 5.61. The predicted octanol–water partition coefficient (Wildman–Crippen LogP) is 1.66. The molecule has 0 bridgehead atoms. The second-order valence-electron chi connectivity index (χ2n) is 5.57. The molecule has 1 fully saturated rings. The van der Waals surface area contributed by atoms with Gasteiger partial charge in [-0.3, -0.25) is 4.79 Å². The normalized spacial score (nSPS) is 23.4. The average molecular weight is 261 g/mol. The number of amides is 1. The van der Waals surface area contributed by atoms with Crippen LogP contribution in [0.4, 0.5) is 5.69 Å².